The number of ether oxygens (including phenoxy) is 3. The maximum atomic E-state index is 11.7. The predicted molar refractivity (Wildman–Crippen MR) is 119 cm³/mol. The van der Waals surface area contributed by atoms with Gasteiger partial charge in [0.05, 0.1) is 18.4 Å². The first kappa shape index (κ1) is 30.9. The van der Waals surface area contributed by atoms with Crippen LogP contribution in [0.3, 0.4) is 0 Å². The highest BCUT2D eigenvalue weighted by molar-refractivity contribution is 6.30. The second-order valence-corrected chi connectivity index (χ2v) is 8.53. The van der Waals surface area contributed by atoms with Gasteiger partial charge in [0.25, 0.3) is 0 Å². The van der Waals surface area contributed by atoms with Gasteiger partial charge in [0.1, 0.15) is 5.60 Å². The normalized spacial score (nSPS) is 11.8. The Morgan fingerprint density at radius 3 is 2.12 bits per heavy atom. The van der Waals surface area contributed by atoms with E-state index in [4.69, 9.17) is 22.1 Å². The van der Waals surface area contributed by atoms with E-state index in [-0.39, 0.29) is 6.54 Å². The third kappa shape index (κ3) is 11.0. The molecule has 1 amide bonds. The zero-order chi connectivity index (χ0) is 26.0. The number of carbonyl (C=O) groups excluding carboxylic acids is 1. The number of nitrogens with two attached hydrogens (primary N) is 1. The number of aromatic nitrogens is 3. The maximum absolute atomic E-state index is 11.7. The van der Waals surface area contributed by atoms with Crippen molar-refractivity contribution >= 4 is 23.3 Å². The van der Waals surface area contributed by atoms with Crippen LogP contribution in [0.15, 0.2) is 12.3 Å². The smallest absolute Gasteiger partial charge is 0.416 e. The second-order valence-electron chi connectivity index (χ2n) is 8.18. The average Bonchev–Trinajstić information content (AvgIpc) is 3.06. The first-order valence-corrected chi connectivity index (χ1v) is 10.1. The molecule has 0 saturated carbocycles. The number of alkyl halides is 3. The summed E-state index contributed by atoms with van der Waals surface area (Å²) in [5.74, 6) is 0. The van der Waals surface area contributed by atoms with Crippen molar-refractivity contribution in [3.8, 4) is 0 Å². The number of nitrogens with one attached hydrogen (secondary N) is 1. The Bertz CT molecular complexity index is 883. The molecule has 2 aromatic heterocycles. The van der Waals surface area contributed by atoms with Crippen molar-refractivity contribution in [2.75, 3.05) is 21.3 Å². The maximum Gasteiger partial charge on any atom is 0.416 e. The molecular formula is C20H33ClF3N5O4. The molecule has 9 nitrogen and oxygen atoms in total. The van der Waals surface area contributed by atoms with Crippen molar-refractivity contribution in [3.63, 3.8) is 0 Å². The van der Waals surface area contributed by atoms with Crippen molar-refractivity contribution in [3.05, 3.63) is 28.7 Å². The van der Waals surface area contributed by atoms with Crippen LogP contribution < -0.4 is 11.1 Å². The fourth-order valence-electron chi connectivity index (χ4n) is 1.81. The first-order valence-electron chi connectivity index (χ1n) is 9.73. The number of alkyl carbamates (subject to hydrolysis) is 1. The number of halogens is 4. The van der Waals surface area contributed by atoms with Crippen LogP contribution in [0, 0.1) is 0 Å². The number of methoxy groups -OCH3 is 2. The molecule has 0 aliphatic rings. The minimum absolute atomic E-state index is 0.244. The van der Waals surface area contributed by atoms with Gasteiger partial charge in [-0.1, -0.05) is 11.6 Å². The minimum Gasteiger partial charge on any atom is -0.444 e. The van der Waals surface area contributed by atoms with Gasteiger partial charge in [0.15, 0.2) is 16.4 Å². The summed E-state index contributed by atoms with van der Waals surface area (Å²) in [5, 5.41) is 7.13. The summed E-state index contributed by atoms with van der Waals surface area (Å²) in [5.41, 5.74) is 5.02. The molecule has 0 spiro atoms. The summed E-state index contributed by atoms with van der Waals surface area (Å²) >= 11 is 5.98. The van der Waals surface area contributed by atoms with Gasteiger partial charge in [-0.25, -0.2) is 14.3 Å². The molecule has 0 atom stereocenters. The van der Waals surface area contributed by atoms with Crippen molar-refractivity contribution < 1.29 is 32.2 Å². The molecule has 190 valence electrons. The van der Waals surface area contributed by atoms with Crippen LogP contribution in [0.4, 0.5) is 18.0 Å². The third-order valence-electron chi connectivity index (χ3n) is 3.75. The SMILES string of the molecule is CC(C)(C)OC(=O)NCc1cn2nc(Cl)c(CN)cc2n1.COC.COC(C)(C)C(F)(F)F. The van der Waals surface area contributed by atoms with Gasteiger partial charge in [-0.2, -0.15) is 18.3 Å². The molecule has 0 saturated heterocycles. The number of nitrogens with zero attached hydrogens (tertiary/aromatic N) is 3. The van der Waals surface area contributed by atoms with Crippen molar-refractivity contribution in [1.82, 2.24) is 19.9 Å². The van der Waals surface area contributed by atoms with Crippen molar-refractivity contribution in [2.45, 2.75) is 65.1 Å². The van der Waals surface area contributed by atoms with Crippen LogP contribution in [-0.2, 0) is 27.3 Å². The Labute approximate surface area is 196 Å². The molecule has 0 unspecified atom stereocenters. The van der Waals surface area contributed by atoms with Crippen molar-refractivity contribution in [2.24, 2.45) is 5.73 Å². The van der Waals surface area contributed by atoms with E-state index in [9.17, 15) is 18.0 Å². The number of hydrogen-bond donors (Lipinski definition) is 2. The highest BCUT2D eigenvalue weighted by atomic mass is 35.5. The average molecular weight is 500 g/mol. The highest BCUT2D eigenvalue weighted by Crippen LogP contribution is 2.31. The first-order chi connectivity index (χ1) is 15.0. The molecular weight excluding hydrogens is 467 g/mol. The zero-order valence-corrected chi connectivity index (χ0v) is 20.9. The van der Waals surface area contributed by atoms with Gasteiger partial charge in [0.2, 0.25) is 0 Å². The van der Waals surface area contributed by atoms with Crippen LogP contribution in [-0.4, -0.2) is 59.4 Å². The van der Waals surface area contributed by atoms with Crippen LogP contribution in [0.5, 0.6) is 0 Å². The summed E-state index contributed by atoms with van der Waals surface area (Å²) in [6, 6.07) is 1.77. The Hall–Kier alpha value is -2.15. The molecule has 3 N–H and O–H groups in total. The molecule has 0 radical (unpaired) electrons. The second kappa shape index (κ2) is 12.9. The molecule has 0 aliphatic carbocycles. The van der Waals surface area contributed by atoms with E-state index in [1.54, 1.807) is 51.8 Å². The summed E-state index contributed by atoms with van der Waals surface area (Å²) in [4.78, 5) is 15.9. The van der Waals surface area contributed by atoms with E-state index >= 15 is 0 Å². The number of fused-ring (bicyclic) bond motifs is 1. The van der Waals surface area contributed by atoms with Crippen LogP contribution in [0.2, 0.25) is 5.15 Å². The van der Waals surface area contributed by atoms with Crippen LogP contribution in [0.25, 0.3) is 5.65 Å². The minimum atomic E-state index is -4.28. The Morgan fingerprint density at radius 2 is 1.73 bits per heavy atom. The van der Waals surface area contributed by atoms with Crippen LogP contribution in [0.1, 0.15) is 45.9 Å². The number of carbonyl (C=O) groups is 1. The topological polar surface area (TPSA) is 113 Å². The molecule has 2 heterocycles. The predicted octanol–water partition coefficient (Wildman–Crippen LogP) is 4.10. The van der Waals surface area contributed by atoms with E-state index in [2.05, 4.69) is 24.9 Å². The van der Waals surface area contributed by atoms with E-state index in [0.29, 0.717) is 23.0 Å². The molecule has 33 heavy (non-hydrogen) atoms. The molecule has 13 heteroatoms. The fraction of sp³-hybridized carbons (Fsp3) is 0.650. The molecule has 0 aliphatic heterocycles. The van der Waals surface area contributed by atoms with E-state index in [1.165, 1.54) is 0 Å². The van der Waals surface area contributed by atoms with Crippen LogP contribution >= 0.6 is 11.6 Å². The highest BCUT2D eigenvalue weighted by Gasteiger charge is 2.47. The fourth-order valence-corrected chi connectivity index (χ4v) is 2.02. The van der Waals surface area contributed by atoms with Gasteiger partial charge in [-0.05, 0) is 40.7 Å². The van der Waals surface area contributed by atoms with Crippen molar-refractivity contribution in [1.29, 1.82) is 0 Å². The summed E-state index contributed by atoms with van der Waals surface area (Å²) < 4.78 is 50.3. The van der Waals surface area contributed by atoms with E-state index in [1.807, 2.05) is 0 Å². The van der Waals surface area contributed by atoms with Gasteiger partial charge in [-0.15, -0.1) is 0 Å². The summed E-state index contributed by atoms with van der Waals surface area (Å²) in [7, 11) is 4.29. The lowest BCUT2D eigenvalue weighted by Crippen LogP contribution is -2.40. The number of rotatable bonds is 4. The number of amides is 1. The number of hydrogen-bond acceptors (Lipinski definition) is 7. The standard InChI is InChI=1S/C13H18ClN5O2.C5H9F3O.C2H6O/c1-13(2,3)21-12(20)16-6-9-7-19-10(17-9)4-8(5-15)11(14)18-19;1-4(2,9-3)5(6,7)8;1-3-2/h4,7H,5-6,15H2,1-3H3,(H,16,20);1-3H3;1-2H3. The lowest BCUT2D eigenvalue weighted by atomic mass is 10.1. The summed E-state index contributed by atoms with van der Waals surface area (Å²) in [6.45, 7) is 7.90. The zero-order valence-electron chi connectivity index (χ0n) is 20.1. The molecule has 2 rings (SSSR count). The Morgan fingerprint density at radius 1 is 1.18 bits per heavy atom. The number of imidazole rings is 1. The van der Waals surface area contributed by atoms with E-state index in [0.717, 1.165) is 26.5 Å². The van der Waals surface area contributed by atoms with Gasteiger partial charge in [-0.3, -0.25) is 0 Å². The van der Waals surface area contributed by atoms with Gasteiger partial charge < -0.3 is 25.3 Å². The molecule has 0 aromatic carbocycles. The van der Waals surface area contributed by atoms with Gasteiger partial charge in [0, 0.05) is 33.4 Å². The Balaban J connectivity index is 0.000000715. The van der Waals surface area contributed by atoms with Gasteiger partial charge >= 0.3 is 12.3 Å². The lowest BCUT2D eigenvalue weighted by Gasteiger charge is -2.25. The monoisotopic (exact) mass is 499 g/mol. The summed E-state index contributed by atoms with van der Waals surface area (Å²) in [6.07, 6.45) is -3.08. The molecule has 0 fully saturated rings. The third-order valence-corrected chi connectivity index (χ3v) is 4.07. The quantitative estimate of drug-likeness (QED) is 0.651. The molecule has 0 bridgehead atoms. The lowest BCUT2D eigenvalue weighted by molar-refractivity contribution is -0.255. The van der Waals surface area contributed by atoms with E-state index < -0.39 is 23.5 Å². The largest absolute Gasteiger partial charge is 0.444 e. The molecule has 2 aromatic rings. The Kier molecular flexibility index (Phi) is 12.1.